The summed E-state index contributed by atoms with van der Waals surface area (Å²) in [6.07, 6.45) is 7.57. The van der Waals surface area contributed by atoms with Crippen LogP contribution in [0.4, 0.5) is 0 Å². The molecule has 0 amide bonds. The Balaban J connectivity index is 2.41. The van der Waals surface area contributed by atoms with E-state index in [2.05, 4.69) is 20.8 Å². The molecule has 100 valence electrons. The molecule has 0 saturated heterocycles. The summed E-state index contributed by atoms with van der Waals surface area (Å²) >= 11 is 0. The van der Waals surface area contributed by atoms with Gasteiger partial charge in [0.15, 0.2) is 0 Å². The minimum Gasteiger partial charge on any atom is -0.459 e. The summed E-state index contributed by atoms with van der Waals surface area (Å²) in [7, 11) is 0. The molecular formula is C15H28O2. The molecule has 0 aliphatic heterocycles. The van der Waals surface area contributed by atoms with E-state index in [1.54, 1.807) is 0 Å². The summed E-state index contributed by atoms with van der Waals surface area (Å²) in [6.45, 7) is 8.53. The fourth-order valence-corrected chi connectivity index (χ4v) is 2.56. The lowest BCUT2D eigenvalue weighted by Crippen LogP contribution is -2.33. The highest BCUT2D eigenvalue weighted by Gasteiger charge is 2.36. The molecule has 2 heteroatoms. The lowest BCUT2D eigenvalue weighted by atomic mass is 9.96. The molecule has 0 radical (unpaired) electrons. The minimum absolute atomic E-state index is 0.0226. The Kier molecular flexibility index (Phi) is 5.48. The fraction of sp³-hybridized carbons (Fsp3) is 0.933. The number of esters is 1. The average molecular weight is 240 g/mol. The molecule has 0 bridgehead atoms. The first-order valence-corrected chi connectivity index (χ1v) is 7.22. The Bertz CT molecular complexity index is 239. The van der Waals surface area contributed by atoms with Crippen molar-refractivity contribution in [3.05, 3.63) is 0 Å². The lowest BCUT2D eigenvalue weighted by Gasteiger charge is -2.29. The van der Waals surface area contributed by atoms with Crippen LogP contribution in [0.3, 0.4) is 0 Å². The van der Waals surface area contributed by atoms with E-state index in [1.807, 2.05) is 6.92 Å². The highest BCUT2D eigenvalue weighted by Crippen LogP contribution is 2.36. The van der Waals surface area contributed by atoms with Gasteiger partial charge in [0.2, 0.25) is 0 Å². The van der Waals surface area contributed by atoms with E-state index in [1.165, 1.54) is 12.8 Å². The average Bonchev–Trinajstić information content (AvgIpc) is 2.75. The SMILES string of the molecule is CCC1(OC(=O)C(C)CCC(C)C)CCCC1. The molecule has 1 saturated carbocycles. The number of rotatable bonds is 6. The second-order valence-corrected chi connectivity index (χ2v) is 6.04. The van der Waals surface area contributed by atoms with Gasteiger partial charge >= 0.3 is 5.97 Å². The van der Waals surface area contributed by atoms with Gasteiger partial charge < -0.3 is 4.74 Å². The van der Waals surface area contributed by atoms with Crippen LogP contribution in [0.25, 0.3) is 0 Å². The standard InChI is InChI=1S/C15H28O2/c1-5-15(10-6-7-11-15)17-14(16)13(4)9-8-12(2)3/h12-13H,5-11H2,1-4H3. The first-order chi connectivity index (χ1) is 7.99. The Morgan fingerprint density at radius 1 is 1.18 bits per heavy atom. The first kappa shape index (κ1) is 14.5. The van der Waals surface area contributed by atoms with Gasteiger partial charge in [-0.05, 0) is 44.4 Å². The van der Waals surface area contributed by atoms with E-state index in [-0.39, 0.29) is 17.5 Å². The molecule has 0 heterocycles. The van der Waals surface area contributed by atoms with Gasteiger partial charge in [-0.15, -0.1) is 0 Å². The number of ether oxygens (including phenoxy) is 1. The molecular weight excluding hydrogens is 212 g/mol. The molecule has 1 unspecified atom stereocenters. The third-order valence-electron chi connectivity index (χ3n) is 4.06. The van der Waals surface area contributed by atoms with E-state index in [4.69, 9.17) is 4.74 Å². The molecule has 1 atom stereocenters. The normalized spacial score (nSPS) is 20.5. The van der Waals surface area contributed by atoms with Gasteiger partial charge in [0.1, 0.15) is 5.60 Å². The minimum atomic E-state index is -0.122. The first-order valence-electron chi connectivity index (χ1n) is 7.22. The van der Waals surface area contributed by atoms with E-state index >= 15 is 0 Å². The summed E-state index contributed by atoms with van der Waals surface area (Å²) in [5.41, 5.74) is -0.122. The van der Waals surface area contributed by atoms with Gasteiger partial charge in [0, 0.05) is 0 Å². The molecule has 0 aromatic heterocycles. The highest BCUT2D eigenvalue weighted by atomic mass is 16.6. The molecule has 0 aromatic carbocycles. The predicted octanol–water partition coefficient (Wildman–Crippen LogP) is 4.32. The third kappa shape index (κ3) is 4.33. The molecule has 0 N–H and O–H groups in total. The molecule has 0 aromatic rings. The van der Waals surface area contributed by atoms with Crippen molar-refractivity contribution in [3.63, 3.8) is 0 Å². The zero-order chi connectivity index (χ0) is 12.9. The zero-order valence-corrected chi connectivity index (χ0v) is 11.9. The van der Waals surface area contributed by atoms with Gasteiger partial charge in [0.25, 0.3) is 0 Å². The maximum absolute atomic E-state index is 12.1. The monoisotopic (exact) mass is 240 g/mol. The fourth-order valence-electron chi connectivity index (χ4n) is 2.56. The Labute approximate surface area is 106 Å². The van der Waals surface area contributed by atoms with E-state index < -0.39 is 0 Å². The topological polar surface area (TPSA) is 26.3 Å². The highest BCUT2D eigenvalue weighted by molar-refractivity contribution is 5.72. The quantitative estimate of drug-likeness (QED) is 0.646. The Morgan fingerprint density at radius 3 is 2.24 bits per heavy atom. The summed E-state index contributed by atoms with van der Waals surface area (Å²) in [5.74, 6) is 0.743. The number of carbonyl (C=O) groups excluding carboxylic acids is 1. The van der Waals surface area contributed by atoms with Crippen molar-refractivity contribution >= 4 is 5.97 Å². The number of carbonyl (C=O) groups is 1. The van der Waals surface area contributed by atoms with Crippen molar-refractivity contribution in [3.8, 4) is 0 Å². The largest absolute Gasteiger partial charge is 0.459 e. The van der Waals surface area contributed by atoms with Gasteiger partial charge in [-0.2, -0.15) is 0 Å². The zero-order valence-electron chi connectivity index (χ0n) is 11.9. The van der Waals surface area contributed by atoms with Crippen molar-refractivity contribution in [2.24, 2.45) is 11.8 Å². The van der Waals surface area contributed by atoms with Crippen LogP contribution in [-0.2, 0) is 9.53 Å². The summed E-state index contributed by atoms with van der Waals surface area (Å²) < 4.78 is 5.80. The molecule has 1 rings (SSSR count). The van der Waals surface area contributed by atoms with Crippen molar-refractivity contribution < 1.29 is 9.53 Å². The van der Waals surface area contributed by atoms with Crippen LogP contribution in [0, 0.1) is 11.8 Å². The second-order valence-electron chi connectivity index (χ2n) is 6.04. The van der Waals surface area contributed by atoms with Gasteiger partial charge in [-0.3, -0.25) is 4.79 Å². The summed E-state index contributed by atoms with van der Waals surface area (Å²) in [6, 6.07) is 0. The Morgan fingerprint density at radius 2 is 1.76 bits per heavy atom. The molecule has 1 fully saturated rings. The molecule has 2 nitrogen and oxygen atoms in total. The lowest BCUT2D eigenvalue weighted by molar-refractivity contribution is -0.164. The van der Waals surface area contributed by atoms with Crippen molar-refractivity contribution in [1.82, 2.24) is 0 Å². The number of hydrogen-bond donors (Lipinski definition) is 0. The van der Waals surface area contributed by atoms with Crippen molar-refractivity contribution in [1.29, 1.82) is 0 Å². The van der Waals surface area contributed by atoms with Gasteiger partial charge in [-0.25, -0.2) is 0 Å². The molecule has 17 heavy (non-hydrogen) atoms. The maximum Gasteiger partial charge on any atom is 0.309 e. The maximum atomic E-state index is 12.1. The van der Waals surface area contributed by atoms with Crippen LogP contribution in [0.1, 0.15) is 72.6 Å². The smallest absolute Gasteiger partial charge is 0.309 e. The van der Waals surface area contributed by atoms with E-state index in [0.29, 0.717) is 5.92 Å². The molecule has 1 aliphatic rings. The van der Waals surface area contributed by atoms with Crippen LogP contribution < -0.4 is 0 Å². The summed E-state index contributed by atoms with van der Waals surface area (Å²) in [4.78, 5) is 12.1. The van der Waals surface area contributed by atoms with Gasteiger partial charge in [0.05, 0.1) is 5.92 Å². The van der Waals surface area contributed by atoms with Crippen molar-refractivity contribution in [2.45, 2.75) is 78.2 Å². The van der Waals surface area contributed by atoms with E-state index in [9.17, 15) is 4.79 Å². The summed E-state index contributed by atoms with van der Waals surface area (Å²) in [5, 5.41) is 0. The van der Waals surface area contributed by atoms with Crippen LogP contribution >= 0.6 is 0 Å². The van der Waals surface area contributed by atoms with Gasteiger partial charge in [-0.1, -0.05) is 34.1 Å². The van der Waals surface area contributed by atoms with Crippen LogP contribution in [0.15, 0.2) is 0 Å². The third-order valence-corrected chi connectivity index (χ3v) is 4.06. The van der Waals surface area contributed by atoms with Crippen LogP contribution in [0.2, 0.25) is 0 Å². The molecule has 1 aliphatic carbocycles. The second kappa shape index (κ2) is 6.42. The Hall–Kier alpha value is -0.530. The van der Waals surface area contributed by atoms with E-state index in [0.717, 1.165) is 32.1 Å². The predicted molar refractivity (Wildman–Crippen MR) is 70.8 cm³/mol. The number of hydrogen-bond acceptors (Lipinski definition) is 2. The van der Waals surface area contributed by atoms with Crippen molar-refractivity contribution in [2.75, 3.05) is 0 Å². The van der Waals surface area contributed by atoms with Crippen LogP contribution in [0.5, 0.6) is 0 Å². The molecule has 0 spiro atoms. The van der Waals surface area contributed by atoms with Crippen LogP contribution in [-0.4, -0.2) is 11.6 Å².